The molecular formula is C18H12IrN2S2-2. The van der Waals surface area contributed by atoms with Crippen LogP contribution in [-0.4, -0.2) is 9.97 Å². The minimum atomic E-state index is 0. The summed E-state index contributed by atoms with van der Waals surface area (Å²) in [6, 6.07) is 21.8. The van der Waals surface area contributed by atoms with E-state index in [1.807, 2.05) is 59.3 Å². The maximum atomic E-state index is 4.18. The van der Waals surface area contributed by atoms with Gasteiger partial charge in [0.25, 0.3) is 0 Å². The van der Waals surface area contributed by atoms with Gasteiger partial charge in [0.05, 0.1) is 0 Å². The molecule has 4 aromatic heterocycles. The minimum Gasteiger partial charge on any atom is -0.295 e. The molecule has 0 aromatic carbocycles. The molecule has 0 aliphatic heterocycles. The van der Waals surface area contributed by atoms with Crippen LogP contribution in [0.2, 0.25) is 0 Å². The molecule has 0 spiro atoms. The molecule has 0 saturated carbocycles. The van der Waals surface area contributed by atoms with Gasteiger partial charge in [0.2, 0.25) is 0 Å². The Morgan fingerprint density at radius 1 is 0.696 bits per heavy atom. The molecule has 4 aromatic rings. The van der Waals surface area contributed by atoms with Gasteiger partial charge < -0.3 is 0 Å². The second kappa shape index (κ2) is 9.48. The Balaban J connectivity index is 0.000000160. The van der Waals surface area contributed by atoms with Crippen molar-refractivity contribution >= 4 is 22.7 Å². The molecular weight excluding hydrogens is 501 g/mol. The molecule has 0 aliphatic carbocycles. The second-order valence-corrected chi connectivity index (χ2v) is 6.11. The van der Waals surface area contributed by atoms with Crippen LogP contribution in [0.15, 0.2) is 71.7 Å². The summed E-state index contributed by atoms with van der Waals surface area (Å²) >= 11 is 3.36. The van der Waals surface area contributed by atoms with Crippen LogP contribution in [0, 0.1) is 12.1 Å². The van der Waals surface area contributed by atoms with E-state index in [9.17, 15) is 0 Å². The van der Waals surface area contributed by atoms with Crippen molar-refractivity contribution in [3.8, 4) is 21.1 Å². The third kappa shape index (κ3) is 5.19. The van der Waals surface area contributed by atoms with Crippen molar-refractivity contribution in [2.45, 2.75) is 0 Å². The third-order valence-electron chi connectivity index (χ3n) is 2.72. The monoisotopic (exact) mass is 513 g/mol. The van der Waals surface area contributed by atoms with Crippen LogP contribution in [0.1, 0.15) is 0 Å². The largest absolute Gasteiger partial charge is 0.295 e. The van der Waals surface area contributed by atoms with Gasteiger partial charge in [0.15, 0.2) is 0 Å². The SMILES string of the molecule is [Ir].[c-]1cccnc1-c1cccs1.[c-]1cccnc1-c1cccs1. The van der Waals surface area contributed by atoms with Crippen LogP contribution < -0.4 is 0 Å². The zero-order valence-corrected chi connectivity index (χ0v) is 16.0. The normalized spacial score (nSPS) is 9.39. The predicted octanol–water partition coefficient (Wildman–Crippen LogP) is 5.22. The number of thiophene rings is 2. The minimum absolute atomic E-state index is 0. The zero-order valence-electron chi connectivity index (χ0n) is 12.0. The Hall–Kier alpha value is -1.65. The van der Waals surface area contributed by atoms with Crippen molar-refractivity contribution in [1.29, 1.82) is 0 Å². The first-order chi connectivity index (χ1) is 10.9. The fraction of sp³-hybridized carbons (Fsp3) is 0. The maximum absolute atomic E-state index is 4.18. The smallest absolute Gasteiger partial charge is 0 e. The molecule has 0 fully saturated rings. The zero-order chi connectivity index (χ0) is 15.0. The van der Waals surface area contributed by atoms with Crippen molar-refractivity contribution in [1.82, 2.24) is 9.97 Å². The Labute approximate surface area is 157 Å². The van der Waals surface area contributed by atoms with Crippen molar-refractivity contribution in [3.05, 3.63) is 83.8 Å². The summed E-state index contributed by atoms with van der Waals surface area (Å²) in [7, 11) is 0. The summed E-state index contributed by atoms with van der Waals surface area (Å²) in [5.74, 6) is 0. The first-order valence-corrected chi connectivity index (χ1v) is 8.42. The van der Waals surface area contributed by atoms with Gasteiger partial charge in [-0.2, -0.15) is 24.3 Å². The van der Waals surface area contributed by atoms with Crippen LogP contribution >= 0.6 is 22.7 Å². The van der Waals surface area contributed by atoms with Gasteiger partial charge in [-0.1, -0.05) is 24.3 Å². The molecule has 1 radical (unpaired) electrons. The Morgan fingerprint density at radius 3 is 1.48 bits per heavy atom. The van der Waals surface area contributed by atoms with E-state index in [-0.39, 0.29) is 20.1 Å². The van der Waals surface area contributed by atoms with E-state index in [1.54, 1.807) is 35.1 Å². The Morgan fingerprint density at radius 2 is 1.17 bits per heavy atom. The molecule has 4 heterocycles. The maximum Gasteiger partial charge on any atom is 0 e. The molecule has 0 aliphatic rings. The molecule has 0 amide bonds. The van der Waals surface area contributed by atoms with E-state index < -0.39 is 0 Å². The average Bonchev–Trinajstić information content (AvgIpc) is 3.31. The molecule has 2 nitrogen and oxygen atoms in total. The molecule has 0 bridgehead atoms. The van der Waals surface area contributed by atoms with Crippen molar-refractivity contribution in [2.75, 3.05) is 0 Å². The number of rotatable bonds is 2. The quantitative estimate of drug-likeness (QED) is 0.344. The van der Waals surface area contributed by atoms with E-state index in [2.05, 4.69) is 22.1 Å². The van der Waals surface area contributed by atoms with E-state index >= 15 is 0 Å². The fourth-order valence-electron chi connectivity index (χ4n) is 1.75. The number of aromatic nitrogens is 2. The van der Waals surface area contributed by atoms with Gasteiger partial charge >= 0.3 is 0 Å². The van der Waals surface area contributed by atoms with Gasteiger partial charge in [-0.05, 0) is 44.3 Å². The number of hydrogen-bond donors (Lipinski definition) is 0. The summed E-state index contributed by atoms with van der Waals surface area (Å²) in [5, 5.41) is 4.08. The molecule has 0 atom stereocenters. The molecule has 0 unspecified atom stereocenters. The van der Waals surface area contributed by atoms with Gasteiger partial charge in [-0.15, -0.1) is 12.1 Å². The van der Waals surface area contributed by atoms with Crippen LogP contribution in [0.5, 0.6) is 0 Å². The Bertz CT molecular complexity index is 701. The first kappa shape index (κ1) is 17.7. The third-order valence-corrected chi connectivity index (χ3v) is 4.47. The van der Waals surface area contributed by atoms with Gasteiger partial charge in [-0.3, -0.25) is 9.97 Å². The van der Waals surface area contributed by atoms with Crippen LogP contribution in [-0.2, 0) is 20.1 Å². The first-order valence-electron chi connectivity index (χ1n) is 6.66. The number of pyridine rings is 2. The van der Waals surface area contributed by atoms with E-state index in [1.165, 1.54) is 9.75 Å². The van der Waals surface area contributed by atoms with Crippen LogP contribution in [0.25, 0.3) is 21.1 Å². The van der Waals surface area contributed by atoms with Crippen LogP contribution in [0.4, 0.5) is 0 Å². The van der Waals surface area contributed by atoms with Crippen molar-refractivity contribution < 1.29 is 20.1 Å². The summed E-state index contributed by atoms with van der Waals surface area (Å²) < 4.78 is 0. The van der Waals surface area contributed by atoms with Gasteiger partial charge in [0, 0.05) is 20.1 Å². The average molecular weight is 513 g/mol. The predicted molar refractivity (Wildman–Crippen MR) is 92.8 cm³/mol. The topological polar surface area (TPSA) is 25.8 Å². The molecule has 5 heteroatoms. The van der Waals surface area contributed by atoms with Gasteiger partial charge in [0.1, 0.15) is 0 Å². The van der Waals surface area contributed by atoms with Gasteiger partial charge in [-0.25, -0.2) is 22.7 Å². The molecule has 23 heavy (non-hydrogen) atoms. The summed E-state index contributed by atoms with van der Waals surface area (Å²) in [6.07, 6.45) is 3.57. The molecule has 4 rings (SSSR count). The van der Waals surface area contributed by atoms with E-state index in [0.29, 0.717) is 0 Å². The van der Waals surface area contributed by atoms with Crippen molar-refractivity contribution in [2.24, 2.45) is 0 Å². The van der Waals surface area contributed by atoms with Crippen molar-refractivity contribution in [3.63, 3.8) is 0 Å². The standard InChI is InChI=1S/2C9H6NS.Ir/c2*1-2-6-10-8(4-1)9-5-3-7-11-9;/h2*1-3,5-7H;/q2*-1;. The summed E-state index contributed by atoms with van der Waals surface area (Å²) in [6.45, 7) is 0. The van der Waals surface area contributed by atoms with E-state index in [4.69, 9.17) is 0 Å². The molecule has 0 N–H and O–H groups in total. The number of nitrogens with zero attached hydrogens (tertiary/aromatic N) is 2. The molecule has 0 saturated heterocycles. The van der Waals surface area contributed by atoms with E-state index in [0.717, 1.165) is 11.4 Å². The Kier molecular flexibility index (Phi) is 7.29. The second-order valence-electron chi connectivity index (χ2n) is 4.22. The molecule has 117 valence electrons. The summed E-state index contributed by atoms with van der Waals surface area (Å²) in [5.41, 5.74) is 1.87. The van der Waals surface area contributed by atoms with Crippen LogP contribution in [0.3, 0.4) is 0 Å². The number of hydrogen-bond acceptors (Lipinski definition) is 4. The summed E-state index contributed by atoms with van der Waals surface area (Å²) in [4.78, 5) is 10.7. The fourth-order valence-corrected chi connectivity index (χ4v) is 3.11.